The molecule has 0 unspecified atom stereocenters. The largest absolute Gasteiger partial charge is 0.491 e. The summed E-state index contributed by atoms with van der Waals surface area (Å²) in [5, 5.41) is 13.2. The van der Waals surface area contributed by atoms with Gasteiger partial charge in [0.15, 0.2) is 5.82 Å². The predicted molar refractivity (Wildman–Crippen MR) is 163 cm³/mol. The van der Waals surface area contributed by atoms with Gasteiger partial charge in [0.05, 0.1) is 24.8 Å². The molecule has 12 nitrogen and oxygen atoms in total. The summed E-state index contributed by atoms with van der Waals surface area (Å²) in [5.41, 5.74) is 8.68. The third-order valence-corrected chi connectivity index (χ3v) is 8.32. The van der Waals surface area contributed by atoms with Crippen LogP contribution < -0.4 is 20.7 Å². The van der Waals surface area contributed by atoms with Crippen molar-refractivity contribution in [1.82, 2.24) is 24.7 Å². The Morgan fingerprint density at radius 2 is 1.79 bits per heavy atom. The number of carbonyl (C=O) groups is 1. The summed E-state index contributed by atoms with van der Waals surface area (Å²) in [6.07, 6.45) is 1.71. The van der Waals surface area contributed by atoms with Gasteiger partial charge in [-0.25, -0.2) is 14.8 Å². The van der Waals surface area contributed by atoms with Crippen LogP contribution in [0.1, 0.15) is 5.56 Å². The van der Waals surface area contributed by atoms with E-state index in [1.54, 1.807) is 23.2 Å². The molecule has 3 saturated heterocycles. The van der Waals surface area contributed by atoms with E-state index in [1.807, 2.05) is 12.1 Å². The Bertz CT molecular complexity index is 1440. The van der Waals surface area contributed by atoms with E-state index in [2.05, 4.69) is 55.3 Å². The molecule has 3 N–H and O–H groups in total. The van der Waals surface area contributed by atoms with Crippen LogP contribution in [0.4, 0.5) is 22.0 Å². The lowest BCUT2D eigenvalue weighted by atomic mass is 10.1. The second-order valence-electron chi connectivity index (χ2n) is 11.0. The second kappa shape index (κ2) is 13.2. The molecule has 4 heterocycles. The number of piperazine rings is 2. The number of hydrogen-bond donors (Lipinski definition) is 2. The fourth-order valence-electron chi connectivity index (χ4n) is 5.61. The Morgan fingerprint density at radius 3 is 2.47 bits per heavy atom. The van der Waals surface area contributed by atoms with Gasteiger partial charge in [-0.3, -0.25) is 9.80 Å². The van der Waals surface area contributed by atoms with Gasteiger partial charge in [0.1, 0.15) is 24.2 Å². The third kappa shape index (κ3) is 6.97. The molecule has 43 heavy (non-hydrogen) atoms. The van der Waals surface area contributed by atoms with Gasteiger partial charge >= 0.3 is 6.03 Å². The average molecular weight is 584 g/mol. The summed E-state index contributed by atoms with van der Waals surface area (Å²) < 4.78 is 11.3. The van der Waals surface area contributed by atoms with Crippen LogP contribution in [0.2, 0.25) is 0 Å². The molecule has 0 radical (unpaired) electrons. The molecule has 2 aromatic carbocycles. The molecule has 3 fully saturated rings. The molecule has 3 aliphatic rings. The van der Waals surface area contributed by atoms with Crippen LogP contribution in [-0.2, 0) is 4.74 Å². The highest BCUT2D eigenvalue weighted by Crippen LogP contribution is 2.27. The standard InChI is InChI=1S/C31H37N9O3/c32-20-24-19-23(1-6-28(24)43-18-17-37-9-11-40(12-10-37)31(33)41)30-34-8-7-29(36-30)35-25-2-4-26(5-3-25)38-13-15-39(16-14-38)27-21-42-22-27/h1-8,19,27H,9-18,21-22H2,(H2,33,41)(H,34,35,36). The van der Waals surface area contributed by atoms with Gasteiger partial charge in [-0.15, -0.1) is 0 Å². The van der Waals surface area contributed by atoms with Gasteiger partial charge in [-0.2, -0.15) is 5.26 Å². The number of nitrogens with zero attached hydrogens (tertiary/aromatic N) is 7. The number of hydrogen-bond acceptors (Lipinski definition) is 10. The number of nitriles is 1. The van der Waals surface area contributed by atoms with Crippen LogP contribution in [0.15, 0.2) is 54.7 Å². The smallest absolute Gasteiger partial charge is 0.314 e. The summed E-state index contributed by atoms with van der Waals surface area (Å²) in [6.45, 7) is 9.75. The number of urea groups is 1. The summed E-state index contributed by atoms with van der Waals surface area (Å²) in [7, 11) is 0. The van der Waals surface area contributed by atoms with Crippen molar-refractivity contribution in [2.24, 2.45) is 5.73 Å². The predicted octanol–water partition coefficient (Wildman–Crippen LogP) is 2.35. The van der Waals surface area contributed by atoms with Crippen molar-refractivity contribution >= 4 is 23.2 Å². The molecule has 0 bridgehead atoms. The number of aromatic nitrogens is 2. The molecular formula is C31H37N9O3. The van der Waals surface area contributed by atoms with Crippen LogP contribution in [0, 0.1) is 11.3 Å². The van der Waals surface area contributed by atoms with E-state index in [0.29, 0.717) is 55.2 Å². The zero-order chi connectivity index (χ0) is 29.6. The number of carbonyl (C=O) groups excluding carboxylic acids is 1. The minimum Gasteiger partial charge on any atom is -0.491 e. The summed E-state index contributed by atoms with van der Waals surface area (Å²) in [5.74, 6) is 1.71. The van der Waals surface area contributed by atoms with Crippen molar-refractivity contribution in [1.29, 1.82) is 5.26 Å². The van der Waals surface area contributed by atoms with Crippen molar-refractivity contribution in [2.45, 2.75) is 6.04 Å². The highest BCUT2D eigenvalue weighted by Gasteiger charge is 2.29. The Hall–Kier alpha value is -4.44. The first-order valence-electron chi connectivity index (χ1n) is 14.8. The quantitative estimate of drug-likeness (QED) is 0.386. The lowest BCUT2D eigenvalue weighted by Gasteiger charge is -2.43. The maximum absolute atomic E-state index is 11.3. The number of anilines is 3. The second-order valence-corrected chi connectivity index (χ2v) is 11.0. The van der Waals surface area contributed by atoms with Gasteiger partial charge < -0.3 is 30.3 Å². The number of nitrogens with one attached hydrogen (secondary N) is 1. The molecular weight excluding hydrogens is 546 g/mol. The number of rotatable bonds is 9. The molecule has 224 valence electrons. The first-order valence-corrected chi connectivity index (χ1v) is 14.8. The normalized spacial score (nSPS) is 18.1. The molecule has 6 rings (SSSR count). The summed E-state index contributed by atoms with van der Waals surface area (Å²) in [6, 6.07) is 18.1. The molecule has 3 aromatic rings. The fraction of sp³-hybridized carbons (Fsp3) is 0.419. The SMILES string of the molecule is N#Cc1cc(-c2nccc(Nc3ccc(N4CCN(C5COC5)CC4)cc3)n2)ccc1OCCN1CCN(C(N)=O)CC1. The highest BCUT2D eigenvalue weighted by atomic mass is 16.5. The number of amides is 2. The molecule has 0 saturated carbocycles. The number of benzene rings is 2. The minimum atomic E-state index is -0.380. The van der Waals surface area contributed by atoms with Gasteiger partial charge in [-0.1, -0.05) is 0 Å². The van der Waals surface area contributed by atoms with Crippen LogP contribution in [0.3, 0.4) is 0 Å². The number of primary amides is 1. The van der Waals surface area contributed by atoms with Crippen LogP contribution in [0.5, 0.6) is 5.75 Å². The van der Waals surface area contributed by atoms with Gasteiger partial charge in [-0.05, 0) is 48.5 Å². The lowest BCUT2D eigenvalue weighted by molar-refractivity contribution is -0.0660. The van der Waals surface area contributed by atoms with E-state index in [-0.39, 0.29) is 6.03 Å². The Morgan fingerprint density at radius 1 is 1.02 bits per heavy atom. The summed E-state index contributed by atoms with van der Waals surface area (Å²) in [4.78, 5) is 29.3. The minimum absolute atomic E-state index is 0.380. The van der Waals surface area contributed by atoms with Crippen molar-refractivity contribution in [2.75, 3.05) is 88.9 Å². The zero-order valence-electron chi connectivity index (χ0n) is 24.2. The molecule has 0 atom stereocenters. The van der Waals surface area contributed by atoms with Gasteiger partial charge in [0, 0.05) is 82.0 Å². The molecule has 1 aromatic heterocycles. The molecule has 2 amide bonds. The van der Waals surface area contributed by atoms with Crippen LogP contribution in [0.25, 0.3) is 11.4 Å². The van der Waals surface area contributed by atoms with Crippen molar-refractivity contribution in [3.63, 3.8) is 0 Å². The Balaban J connectivity index is 1.03. The fourth-order valence-corrected chi connectivity index (χ4v) is 5.61. The first kappa shape index (κ1) is 28.7. The lowest BCUT2D eigenvalue weighted by Crippen LogP contribution is -2.56. The van der Waals surface area contributed by atoms with Crippen LogP contribution in [-0.4, -0.2) is 115 Å². The van der Waals surface area contributed by atoms with E-state index in [9.17, 15) is 10.1 Å². The van der Waals surface area contributed by atoms with Crippen molar-refractivity contribution < 1.29 is 14.3 Å². The van der Waals surface area contributed by atoms with E-state index in [4.69, 9.17) is 20.2 Å². The molecule has 3 aliphatic heterocycles. The van der Waals surface area contributed by atoms with Crippen molar-refractivity contribution in [3.8, 4) is 23.2 Å². The summed E-state index contributed by atoms with van der Waals surface area (Å²) >= 11 is 0. The van der Waals surface area contributed by atoms with E-state index < -0.39 is 0 Å². The van der Waals surface area contributed by atoms with E-state index in [0.717, 1.165) is 63.7 Å². The van der Waals surface area contributed by atoms with E-state index in [1.165, 1.54) is 5.69 Å². The maximum atomic E-state index is 11.3. The molecule has 0 spiro atoms. The highest BCUT2D eigenvalue weighted by molar-refractivity contribution is 5.72. The first-order chi connectivity index (χ1) is 21.1. The maximum Gasteiger partial charge on any atom is 0.314 e. The topological polar surface area (TPSA) is 136 Å². The molecule has 0 aliphatic carbocycles. The van der Waals surface area contributed by atoms with Crippen molar-refractivity contribution in [3.05, 3.63) is 60.3 Å². The van der Waals surface area contributed by atoms with Gasteiger partial charge in [0.2, 0.25) is 0 Å². The van der Waals surface area contributed by atoms with Crippen LogP contribution >= 0.6 is 0 Å². The number of nitrogens with two attached hydrogens (primary N) is 1. The average Bonchev–Trinajstić information content (AvgIpc) is 3.01. The Kier molecular flexibility index (Phi) is 8.83. The van der Waals surface area contributed by atoms with E-state index >= 15 is 0 Å². The molecule has 12 heteroatoms. The number of ether oxygens (including phenoxy) is 2. The van der Waals surface area contributed by atoms with Gasteiger partial charge in [0.25, 0.3) is 0 Å². The Labute approximate surface area is 251 Å². The zero-order valence-corrected chi connectivity index (χ0v) is 24.2. The third-order valence-electron chi connectivity index (χ3n) is 8.32. The monoisotopic (exact) mass is 583 g/mol.